The Hall–Kier alpha value is -1.76. The zero-order valence-electron chi connectivity index (χ0n) is 15.0. The predicted octanol–water partition coefficient (Wildman–Crippen LogP) is 2.53. The number of carbonyl (C=O) groups is 1. The lowest BCUT2D eigenvalue weighted by Gasteiger charge is -2.16. The number of halogens is 1. The highest BCUT2D eigenvalue weighted by Gasteiger charge is 2.18. The largest absolute Gasteiger partial charge is 0.496 e. The maximum absolute atomic E-state index is 11.6. The first-order chi connectivity index (χ1) is 12.1. The minimum absolute atomic E-state index is 0.280. The predicted molar refractivity (Wildman–Crippen MR) is 104 cm³/mol. The van der Waals surface area contributed by atoms with Gasteiger partial charge in [0, 0.05) is 42.6 Å². The Morgan fingerprint density at radius 2 is 2.24 bits per heavy atom. The monoisotopic (exact) mass is 410 g/mol. The minimum atomic E-state index is 0.280. The van der Waals surface area contributed by atoms with Crippen molar-refractivity contribution >= 4 is 27.8 Å². The van der Waals surface area contributed by atoms with E-state index in [2.05, 4.69) is 31.6 Å². The Bertz CT molecular complexity index is 607. The Balaban J connectivity index is 1.85. The first-order valence-electron chi connectivity index (χ1n) is 8.76. The second kappa shape index (κ2) is 10.3. The van der Waals surface area contributed by atoms with Gasteiger partial charge in [0.1, 0.15) is 5.75 Å². The fourth-order valence-electron chi connectivity index (χ4n) is 2.79. The number of benzene rings is 1. The molecular weight excluding hydrogens is 384 g/mol. The summed E-state index contributed by atoms with van der Waals surface area (Å²) in [5.41, 5.74) is 1.02. The van der Waals surface area contributed by atoms with Crippen LogP contribution in [-0.2, 0) is 11.3 Å². The van der Waals surface area contributed by atoms with Gasteiger partial charge in [0.15, 0.2) is 5.96 Å². The molecular formula is C18H27BrN4O2. The van der Waals surface area contributed by atoms with Crippen LogP contribution in [0.3, 0.4) is 0 Å². The smallest absolute Gasteiger partial charge is 0.222 e. The molecule has 0 saturated carbocycles. The van der Waals surface area contributed by atoms with Crippen molar-refractivity contribution < 1.29 is 9.53 Å². The average molecular weight is 411 g/mol. The van der Waals surface area contributed by atoms with E-state index >= 15 is 0 Å². The summed E-state index contributed by atoms with van der Waals surface area (Å²) in [6.45, 7) is 5.86. The third-order valence-corrected chi connectivity index (χ3v) is 4.56. The summed E-state index contributed by atoms with van der Waals surface area (Å²) in [5.74, 6) is 1.88. The van der Waals surface area contributed by atoms with Crippen LogP contribution in [0, 0.1) is 0 Å². The number of ether oxygens (including phenoxy) is 1. The second-order valence-corrected chi connectivity index (χ2v) is 6.83. The lowest BCUT2D eigenvalue weighted by atomic mass is 10.2. The molecule has 0 aromatic heterocycles. The van der Waals surface area contributed by atoms with E-state index in [1.165, 1.54) is 0 Å². The molecule has 2 rings (SSSR count). The van der Waals surface area contributed by atoms with Crippen LogP contribution >= 0.6 is 15.9 Å². The van der Waals surface area contributed by atoms with Gasteiger partial charge in [-0.15, -0.1) is 0 Å². The Labute approximate surface area is 158 Å². The number of likely N-dealkylation sites (tertiary alicyclic amines) is 1. The van der Waals surface area contributed by atoms with Gasteiger partial charge >= 0.3 is 0 Å². The van der Waals surface area contributed by atoms with E-state index in [0.29, 0.717) is 13.0 Å². The van der Waals surface area contributed by atoms with Gasteiger partial charge in [-0.3, -0.25) is 4.79 Å². The van der Waals surface area contributed by atoms with Gasteiger partial charge in [-0.2, -0.15) is 0 Å². The highest BCUT2D eigenvalue weighted by Crippen LogP contribution is 2.23. The summed E-state index contributed by atoms with van der Waals surface area (Å²) in [4.78, 5) is 18.2. The second-order valence-electron chi connectivity index (χ2n) is 5.92. The first-order valence-corrected chi connectivity index (χ1v) is 9.55. The van der Waals surface area contributed by atoms with E-state index < -0.39 is 0 Å². The summed E-state index contributed by atoms with van der Waals surface area (Å²) in [6.07, 6.45) is 2.60. The zero-order valence-corrected chi connectivity index (χ0v) is 16.6. The van der Waals surface area contributed by atoms with Crippen LogP contribution in [0.2, 0.25) is 0 Å². The molecule has 1 aromatic carbocycles. The molecule has 0 radical (unpaired) electrons. The molecule has 1 aliphatic heterocycles. The van der Waals surface area contributed by atoms with Crippen molar-refractivity contribution in [1.82, 2.24) is 15.5 Å². The topological polar surface area (TPSA) is 66.0 Å². The van der Waals surface area contributed by atoms with Gasteiger partial charge in [0.05, 0.1) is 13.7 Å². The number of amides is 1. The lowest BCUT2D eigenvalue weighted by Crippen LogP contribution is -2.39. The van der Waals surface area contributed by atoms with Gasteiger partial charge in [-0.1, -0.05) is 15.9 Å². The van der Waals surface area contributed by atoms with Gasteiger partial charge < -0.3 is 20.3 Å². The van der Waals surface area contributed by atoms with Crippen LogP contribution in [0.25, 0.3) is 0 Å². The molecule has 0 atom stereocenters. The third kappa shape index (κ3) is 6.23. The van der Waals surface area contributed by atoms with E-state index in [9.17, 15) is 4.79 Å². The number of hydrogen-bond acceptors (Lipinski definition) is 3. The molecule has 1 amide bonds. The number of nitrogens with one attached hydrogen (secondary N) is 2. The highest BCUT2D eigenvalue weighted by atomic mass is 79.9. The van der Waals surface area contributed by atoms with E-state index in [4.69, 9.17) is 4.74 Å². The van der Waals surface area contributed by atoms with Crippen LogP contribution in [0.15, 0.2) is 27.7 Å². The quantitative estimate of drug-likeness (QED) is 0.392. The summed E-state index contributed by atoms with van der Waals surface area (Å²) in [5, 5.41) is 6.58. The van der Waals surface area contributed by atoms with Crippen LogP contribution in [0.1, 0.15) is 31.7 Å². The number of aliphatic imine (C=N–C) groups is 1. The number of nitrogens with zero attached hydrogens (tertiary/aromatic N) is 2. The van der Waals surface area contributed by atoms with E-state index in [1.807, 2.05) is 30.0 Å². The molecule has 1 fully saturated rings. The normalized spacial score (nSPS) is 14.8. The van der Waals surface area contributed by atoms with Crippen molar-refractivity contribution in [3.8, 4) is 5.75 Å². The van der Waals surface area contributed by atoms with Crippen molar-refractivity contribution in [2.45, 2.75) is 32.7 Å². The SMILES string of the molecule is CCNC(=NCc1cc(Br)ccc1OC)NCCCN1CCCC1=O. The summed E-state index contributed by atoms with van der Waals surface area (Å²) in [6, 6.07) is 5.91. The summed E-state index contributed by atoms with van der Waals surface area (Å²) < 4.78 is 6.40. The molecule has 7 heteroatoms. The van der Waals surface area contributed by atoms with Crippen molar-refractivity contribution in [3.63, 3.8) is 0 Å². The average Bonchev–Trinajstić information content (AvgIpc) is 3.01. The molecule has 1 aliphatic rings. The van der Waals surface area contributed by atoms with Crippen molar-refractivity contribution in [2.75, 3.05) is 33.3 Å². The number of methoxy groups -OCH3 is 1. The zero-order chi connectivity index (χ0) is 18.1. The molecule has 25 heavy (non-hydrogen) atoms. The fraction of sp³-hybridized carbons (Fsp3) is 0.556. The first kappa shape index (κ1) is 19.6. The fourth-order valence-corrected chi connectivity index (χ4v) is 3.20. The Morgan fingerprint density at radius 3 is 2.92 bits per heavy atom. The van der Waals surface area contributed by atoms with E-state index in [1.54, 1.807) is 7.11 Å². The maximum atomic E-state index is 11.6. The number of carbonyl (C=O) groups excluding carboxylic acids is 1. The van der Waals surface area contributed by atoms with Crippen LogP contribution in [-0.4, -0.2) is 50.1 Å². The summed E-state index contributed by atoms with van der Waals surface area (Å²) in [7, 11) is 1.67. The molecule has 0 bridgehead atoms. The van der Waals surface area contributed by atoms with E-state index in [0.717, 1.165) is 60.8 Å². The van der Waals surface area contributed by atoms with Crippen molar-refractivity contribution in [1.29, 1.82) is 0 Å². The molecule has 138 valence electrons. The van der Waals surface area contributed by atoms with Crippen LogP contribution in [0.4, 0.5) is 0 Å². The van der Waals surface area contributed by atoms with Gasteiger partial charge in [-0.05, 0) is 38.0 Å². The molecule has 6 nitrogen and oxygen atoms in total. The molecule has 1 saturated heterocycles. The molecule has 0 aliphatic carbocycles. The number of hydrogen-bond donors (Lipinski definition) is 2. The van der Waals surface area contributed by atoms with Gasteiger partial charge in [-0.25, -0.2) is 4.99 Å². The van der Waals surface area contributed by atoms with Gasteiger partial charge in [0.25, 0.3) is 0 Å². The standard InChI is InChI=1S/C18H27BrN4O2/c1-3-20-18(21-9-5-11-23-10-4-6-17(23)24)22-13-14-12-15(19)7-8-16(14)25-2/h7-8,12H,3-6,9-11,13H2,1-2H3,(H2,20,21,22). The summed E-state index contributed by atoms with van der Waals surface area (Å²) >= 11 is 3.48. The van der Waals surface area contributed by atoms with Crippen LogP contribution in [0.5, 0.6) is 5.75 Å². The molecule has 1 aromatic rings. The Morgan fingerprint density at radius 1 is 1.40 bits per heavy atom. The molecule has 0 unspecified atom stereocenters. The number of rotatable bonds is 8. The van der Waals surface area contributed by atoms with Crippen LogP contribution < -0.4 is 15.4 Å². The van der Waals surface area contributed by atoms with Crippen molar-refractivity contribution in [2.24, 2.45) is 4.99 Å². The third-order valence-electron chi connectivity index (χ3n) is 4.06. The Kier molecular flexibility index (Phi) is 8.04. The number of guanidine groups is 1. The van der Waals surface area contributed by atoms with Gasteiger partial charge in [0.2, 0.25) is 5.91 Å². The van der Waals surface area contributed by atoms with E-state index in [-0.39, 0.29) is 5.91 Å². The highest BCUT2D eigenvalue weighted by molar-refractivity contribution is 9.10. The minimum Gasteiger partial charge on any atom is -0.496 e. The molecule has 1 heterocycles. The maximum Gasteiger partial charge on any atom is 0.222 e. The molecule has 2 N–H and O–H groups in total. The molecule has 0 spiro atoms. The van der Waals surface area contributed by atoms with Crippen molar-refractivity contribution in [3.05, 3.63) is 28.2 Å². The lowest BCUT2D eigenvalue weighted by molar-refractivity contribution is -0.127.